The summed E-state index contributed by atoms with van der Waals surface area (Å²) in [5.41, 5.74) is 0.333. The Bertz CT molecular complexity index is 943. The standard InChI is InChI=1S/C14H8F3N3O5/c15-14(16,17)25-7-3-1-6(2-4-7)12(21)18-11-10-8(19-20-11)5-9(24-10)13(22)23/h1-5H,(H,22,23)(H2,18,19,20,21). The van der Waals surface area contributed by atoms with Gasteiger partial charge in [0.05, 0.1) is 0 Å². The first-order chi connectivity index (χ1) is 11.7. The van der Waals surface area contributed by atoms with Gasteiger partial charge in [0, 0.05) is 11.6 Å². The number of amides is 1. The fourth-order valence-electron chi connectivity index (χ4n) is 1.99. The Hall–Kier alpha value is -3.50. The lowest BCUT2D eigenvalue weighted by Crippen LogP contribution is -2.17. The zero-order valence-electron chi connectivity index (χ0n) is 12.0. The molecule has 0 bridgehead atoms. The smallest absolute Gasteiger partial charge is 0.475 e. The Morgan fingerprint density at radius 3 is 2.52 bits per heavy atom. The average Bonchev–Trinajstić information content (AvgIpc) is 3.08. The number of aromatic nitrogens is 2. The highest BCUT2D eigenvalue weighted by molar-refractivity contribution is 6.07. The van der Waals surface area contributed by atoms with Gasteiger partial charge >= 0.3 is 12.3 Å². The van der Waals surface area contributed by atoms with Crippen molar-refractivity contribution in [2.24, 2.45) is 0 Å². The number of aromatic carboxylic acids is 1. The van der Waals surface area contributed by atoms with E-state index in [2.05, 4.69) is 20.3 Å². The highest BCUT2D eigenvalue weighted by atomic mass is 19.4. The maximum atomic E-state index is 12.1. The maximum absolute atomic E-state index is 12.1. The fraction of sp³-hybridized carbons (Fsp3) is 0.0714. The number of nitrogens with one attached hydrogen (secondary N) is 2. The van der Waals surface area contributed by atoms with Gasteiger partial charge in [0.2, 0.25) is 5.76 Å². The van der Waals surface area contributed by atoms with Crippen molar-refractivity contribution in [3.8, 4) is 5.75 Å². The Morgan fingerprint density at radius 1 is 1.24 bits per heavy atom. The number of furan rings is 1. The molecule has 0 atom stereocenters. The Kier molecular flexibility index (Phi) is 3.83. The molecule has 2 aromatic heterocycles. The predicted molar refractivity (Wildman–Crippen MR) is 76.4 cm³/mol. The zero-order valence-corrected chi connectivity index (χ0v) is 12.0. The van der Waals surface area contributed by atoms with E-state index in [0.29, 0.717) is 0 Å². The minimum absolute atomic E-state index is 0.0303. The molecule has 0 aliphatic carbocycles. The van der Waals surface area contributed by atoms with Gasteiger partial charge in [-0.15, -0.1) is 13.2 Å². The van der Waals surface area contributed by atoms with E-state index in [4.69, 9.17) is 9.52 Å². The van der Waals surface area contributed by atoms with E-state index >= 15 is 0 Å². The third kappa shape index (κ3) is 3.54. The zero-order chi connectivity index (χ0) is 18.2. The number of hydrogen-bond acceptors (Lipinski definition) is 5. The highest BCUT2D eigenvalue weighted by Gasteiger charge is 2.31. The molecular formula is C14H8F3N3O5. The molecule has 0 spiro atoms. The summed E-state index contributed by atoms with van der Waals surface area (Å²) in [7, 11) is 0. The number of carbonyl (C=O) groups is 2. The predicted octanol–water partition coefficient (Wildman–Crippen LogP) is 3.01. The van der Waals surface area contributed by atoms with Crippen LogP contribution in [0.2, 0.25) is 0 Å². The van der Waals surface area contributed by atoms with Crippen LogP contribution in [0.15, 0.2) is 34.7 Å². The second kappa shape index (κ2) is 5.85. The summed E-state index contributed by atoms with van der Waals surface area (Å²) in [6, 6.07) is 5.43. The van der Waals surface area contributed by atoms with Crippen molar-refractivity contribution in [2.75, 3.05) is 5.32 Å². The van der Waals surface area contributed by atoms with Crippen molar-refractivity contribution in [1.82, 2.24) is 10.2 Å². The van der Waals surface area contributed by atoms with Crippen molar-refractivity contribution in [2.45, 2.75) is 6.36 Å². The molecule has 0 saturated heterocycles. The van der Waals surface area contributed by atoms with Crippen molar-refractivity contribution in [3.63, 3.8) is 0 Å². The quantitative estimate of drug-likeness (QED) is 0.662. The molecule has 3 rings (SSSR count). The number of fused-ring (bicyclic) bond motifs is 1. The first kappa shape index (κ1) is 16.4. The largest absolute Gasteiger partial charge is 0.573 e. The number of nitrogens with zero attached hydrogens (tertiary/aromatic N) is 1. The molecular weight excluding hydrogens is 347 g/mol. The monoisotopic (exact) mass is 355 g/mol. The van der Waals surface area contributed by atoms with Crippen LogP contribution in [-0.2, 0) is 0 Å². The molecule has 1 aromatic carbocycles. The number of rotatable bonds is 4. The van der Waals surface area contributed by atoms with E-state index in [1.54, 1.807) is 0 Å². The second-order valence-electron chi connectivity index (χ2n) is 4.76. The van der Waals surface area contributed by atoms with E-state index in [1.807, 2.05) is 0 Å². The number of anilines is 1. The molecule has 0 aliphatic heterocycles. The number of carboxylic acids is 1. The van der Waals surface area contributed by atoms with Gasteiger partial charge in [0.25, 0.3) is 5.91 Å². The molecule has 0 aliphatic rings. The summed E-state index contributed by atoms with van der Waals surface area (Å²) >= 11 is 0. The van der Waals surface area contributed by atoms with Gasteiger partial charge in [-0.1, -0.05) is 0 Å². The van der Waals surface area contributed by atoms with Crippen LogP contribution < -0.4 is 10.1 Å². The topological polar surface area (TPSA) is 117 Å². The molecule has 0 radical (unpaired) electrons. The summed E-state index contributed by atoms with van der Waals surface area (Å²) in [6.45, 7) is 0. The fourth-order valence-corrected chi connectivity index (χ4v) is 1.99. The SMILES string of the molecule is O=C(Nc1n[nH]c2cc(C(=O)O)oc12)c1ccc(OC(F)(F)F)cc1. The summed E-state index contributed by atoms with van der Waals surface area (Å²) in [6.07, 6.45) is -4.83. The Balaban J connectivity index is 1.77. The lowest BCUT2D eigenvalue weighted by atomic mass is 10.2. The number of benzene rings is 1. The second-order valence-corrected chi connectivity index (χ2v) is 4.76. The minimum atomic E-state index is -4.83. The van der Waals surface area contributed by atoms with Gasteiger partial charge in [0.15, 0.2) is 11.4 Å². The molecule has 0 unspecified atom stereocenters. The van der Waals surface area contributed by atoms with E-state index in [1.165, 1.54) is 6.07 Å². The number of aromatic amines is 1. The molecule has 3 aromatic rings. The van der Waals surface area contributed by atoms with Crippen molar-refractivity contribution < 1.29 is 37.0 Å². The Morgan fingerprint density at radius 2 is 1.92 bits per heavy atom. The van der Waals surface area contributed by atoms with Crippen molar-refractivity contribution in [1.29, 1.82) is 0 Å². The number of alkyl halides is 3. The molecule has 3 N–H and O–H groups in total. The summed E-state index contributed by atoms with van der Waals surface area (Å²) in [4.78, 5) is 23.0. The third-order valence-electron chi connectivity index (χ3n) is 3.03. The van der Waals surface area contributed by atoms with Gasteiger partial charge in [-0.3, -0.25) is 9.89 Å². The van der Waals surface area contributed by atoms with Gasteiger partial charge in [-0.05, 0) is 24.3 Å². The molecule has 8 nitrogen and oxygen atoms in total. The molecule has 0 fully saturated rings. The van der Waals surface area contributed by atoms with Gasteiger partial charge in [0.1, 0.15) is 11.3 Å². The van der Waals surface area contributed by atoms with Gasteiger partial charge in [-0.2, -0.15) is 5.10 Å². The summed E-state index contributed by atoms with van der Waals surface area (Å²) in [5.74, 6) is -2.83. The minimum Gasteiger partial charge on any atom is -0.475 e. The Labute approximate surface area is 136 Å². The first-order valence-corrected chi connectivity index (χ1v) is 6.61. The maximum Gasteiger partial charge on any atom is 0.573 e. The normalized spacial score (nSPS) is 11.5. The van der Waals surface area contributed by atoms with Crippen molar-refractivity contribution >= 4 is 28.8 Å². The number of carboxylic acid groups (broad SMARTS) is 1. The van der Waals surface area contributed by atoms with E-state index in [-0.39, 0.29) is 28.2 Å². The molecule has 25 heavy (non-hydrogen) atoms. The van der Waals surface area contributed by atoms with Crippen LogP contribution in [0.4, 0.5) is 19.0 Å². The number of ether oxygens (including phenoxy) is 1. The van der Waals surface area contributed by atoms with Gasteiger partial charge < -0.3 is 19.6 Å². The van der Waals surface area contributed by atoms with E-state index in [0.717, 1.165) is 24.3 Å². The number of halogens is 3. The van der Waals surface area contributed by atoms with Crippen molar-refractivity contribution in [3.05, 3.63) is 41.7 Å². The van der Waals surface area contributed by atoms with Crippen LogP contribution in [0.1, 0.15) is 20.9 Å². The molecule has 0 saturated carbocycles. The average molecular weight is 355 g/mol. The third-order valence-corrected chi connectivity index (χ3v) is 3.03. The highest BCUT2D eigenvalue weighted by Crippen LogP contribution is 2.26. The summed E-state index contributed by atoms with van der Waals surface area (Å²) in [5, 5.41) is 17.5. The van der Waals surface area contributed by atoms with Crippen LogP contribution >= 0.6 is 0 Å². The lowest BCUT2D eigenvalue weighted by molar-refractivity contribution is -0.274. The van der Waals surface area contributed by atoms with E-state index in [9.17, 15) is 22.8 Å². The first-order valence-electron chi connectivity index (χ1n) is 6.61. The molecule has 2 heterocycles. The lowest BCUT2D eigenvalue weighted by Gasteiger charge is -2.09. The van der Waals surface area contributed by atoms with Crippen LogP contribution in [-0.4, -0.2) is 33.5 Å². The number of H-pyrrole nitrogens is 1. The number of carbonyl (C=O) groups excluding carboxylic acids is 1. The summed E-state index contributed by atoms with van der Waals surface area (Å²) < 4.78 is 45.0. The van der Waals surface area contributed by atoms with Gasteiger partial charge in [-0.25, -0.2) is 4.79 Å². The molecule has 1 amide bonds. The van der Waals surface area contributed by atoms with E-state index < -0.39 is 24.0 Å². The van der Waals surface area contributed by atoms with Crippen LogP contribution in [0.25, 0.3) is 11.1 Å². The molecule has 130 valence electrons. The van der Waals surface area contributed by atoms with Crippen LogP contribution in [0.5, 0.6) is 5.75 Å². The van der Waals surface area contributed by atoms with Crippen LogP contribution in [0.3, 0.4) is 0 Å². The van der Waals surface area contributed by atoms with Crippen LogP contribution in [0, 0.1) is 0 Å². The number of hydrogen-bond donors (Lipinski definition) is 3. The molecule has 11 heteroatoms.